The Morgan fingerprint density at radius 2 is 1.64 bits per heavy atom. The standard InChI is InChI=1S/C31H25Cl2N3O6S2/c1-15-4-8-18(9-5-15)36-28(38)25-24(16-6-11-21(41-2)22(12-16)42-3)27-30(43-26(25)29(36)39)35(31(40)44-27)14-23(37)34-17-7-10-19(32)20(33)13-17/h4-13,24-26H,14H2,1-3H3,(H,34,37)/t24-,25-,26+/m0/s1. The number of aromatic nitrogens is 1. The Hall–Kier alpha value is -3.77. The van der Waals surface area contributed by atoms with Gasteiger partial charge >= 0.3 is 4.87 Å². The van der Waals surface area contributed by atoms with Crippen LogP contribution in [0.1, 0.15) is 21.9 Å². The van der Waals surface area contributed by atoms with Gasteiger partial charge in [0.1, 0.15) is 11.8 Å². The maximum absolute atomic E-state index is 14.1. The molecule has 3 heterocycles. The summed E-state index contributed by atoms with van der Waals surface area (Å²) in [5.41, 5.74) is 2.57. The van der Waals surface area contributed by atoms with Gasteiger partial charge in [-0.15, -0.1) is 0 Å². The number of thioether (sulfide) groups is 1. The molecule has 0 radical (unpaired) electrons. The van der Waals surface area contributed by atoms with E-state index in [0.29, 0.717) is 43.4 Å². The number of amides is 3. The highest BCUT2D eigenvalue weighted by Gasteiger charge is 2.57. The Balaban J connectivity index is 1.43. The van der Waals surface area contributed by atoms with Crippen molar-refractivity contribution in [2.24, 2.45) is 5.92 Å². The molecule has 6 rings (SSSR count). The predicted molar refractivity (Wildman–Crippen MR) is 172 cm³/mol. The van der Waals surface area contributed by atoms with Gasteiger partial charge in [0.25, 0.3) is 0 Å². The number of nitrogens with one attached hydrogen (secondary N) is 1. The van der Waals surface area contributed by atoms with E-state index in [0.717, 1.165) is 28.7 Å². The molecule has 2 aliphatic heterocycles. The SMILES string of the molecule is COc1ccc([C@@H]2c3sc(=O)n(CC(=O)Nc4ccc(Cl)c(Cl)c4)c3S[C@H]3C(=O)N(c4ccc(C)cc4)C(=O)[C@@H]23)cc1OC. The Morgan fingerprint density at radius 3 is 2.32 bits per heavy atom. The minimum absolute atomic E-state index is 0.274. The summed E-state index contributed by atoms with van der Waals surface area (Å²) in [5.74, 6) is -1.70. The number of ether oxygens (including phenoxy) is 2. The molecule has 4 aromatic rings. The molecule has 3 atom stereocenters. The monoisotopic (exact) mass is 669 g/mol. The fourth-order valence-corrected chi connectivity index (χ4v) is 8.60. The molecule has 1 saturated heterocycles. The molecular weight excluding hydrogens is 645 g/mol. The third-order valence-corrected chi connectivity index (χ3v) is 11.0. The number of fused-ring (bicyclic) bond motifs is 2. The number of imide groups is 1. The van der Waals surface area contributed by atoms with Crippen LogP contribution in [-0.2, 0) is 20.9 Å². The van der Waals surface area contributed by atoms with Gasteiger partial charge in [-0.25, -0.2) is 4.90 Å². The van der Waals surface area contributed by atoms with Crippen LogP contribution >= 0.6 is 46.3 Å². The Kier molecular flexibility index (Phi) is 8.23. The maximum atomic E-state index is 14.1. The third kappa shape index (κ3) is 5.27. The van der Waals surface area contributed by atoms with Crippen molar-refractivity contribution in [2.45, 2.75) is 29.7 Å². The van der Waals surface area contributed by atoms with Crippen LogP contribution in [0.4, 0.5) is 11.4 Å². The summed E-state index contributed by atoms with van der Waals surface area (Å²) in [6.07, 6.45) is 0. The van der Waals surface area contributed by atoms with Crippen LogP contribution in [0.15, 0.2) is 70.5 Å². The lowest BCUT2D eigenvalue weighted by Gasteiger charge is -2.31. The van der Waals surface area contributed by atoms with Crippen molar-refractivity contribution in [1.29, 1.82) is 0 Å². The highest BCUT2D eigenvalue weighted by molar-refractivity contribution is 8.00. The van der Waals surface area contributed by atoms with E-state index in [4.69, 9.17) is 32.7 Å². The minimum atomic E-state index is -0.826. The summed E-state index contributed by atoms with van der Waals surface area (Å²) in [6.45, 7) is 1.62. The third-order valence-electron chi connectivity index (χ3n) is 7.61. The molecule has 226 valence electrons. The largest absolute Gasteiger partial charge is 0.493 e. The molecule has 0 saturated carbocycles. The molecular formula is C31H25Cl2N3O6S2. The van der Waals surface area contributed by atoms with Gasteiger partial charge in [0.15, 0.2) is 11.5 Å². The van der Waals surface area contributed by atoms with Gasteiger partial charge in [-0.2, -0.15) is 0 Å². The summed E-state index contributed by atoms with van der Waals surface area (Å²) in [6, 6.07) is 17.2. The van der Waals surface area contributed by atoms with Crippen LogP contribution in [0.2, 0.25) is 10.0 Å². The van der Waals surface area contributed by atoms with Crippen LogP contribution < -0.4 is 24.6 Å². The van der Waals surface area contributed by atoms with Crippen molar-refractivity contribution in [3.8, 4) is 11.5 Å². The molecule has 44 heavy (non-hydrogen) atoms. The van der Waals surface area contributed by atoms with Crippen molar-refractivity contribution in [1.82, 2.24) is 4.57 Å². The van der Waals surface area contributed by atoms with Gasteiger partial charge < -0.3 is 14.8 Å². The predicted octanol–water partition coefficient (Wildman–Crippen LogP) is 5.98. The number of hydrogen-bond donors (Lipinski definition) is 1. The van der Waals surface area contributed by atoms with E-state index in [-0.39, 0.29) is 28.3 Å². The van der Waals surface area contributed by atoms with Crippen molar-refractivity contribution >= 4 is 75.4 Å². The van der Waals surface area contributed by atoms with Gasteiger partial charge in [0.2, 0.25) is 17.7 Å². The second-order valence-electron chi connectivity index (χ2n) is 10.3. The number of thiazole rings is 1. The summed E-state index contributed by atoms with van der Waals surface area (Å²) in [4.78, 5) is 56.0. The summed E-state index contributed by atoms with van der Waals surface area (Å²) < 4.78 is 12.3. The molecule has 1 N–H and O–H groups in total. The van der Waals surface area contributed by atoms with E-state index in [1.165, 1.54) is 29.8 Å². The molecule has 0 bridgehead atoms. The Morgan fingerprint density at radius 1 is 0.909 bits per heavy atom. The average Bonchev–Trinajstić information content (AvgIpc) is 3.45. The molecule has 13 heteroatoms. The molecule has 0 aliphatic carbocycles. The van der Waals surface area contributed by atoms with Crippen LogP contribution in [-0.4, -0.2) is 41.8 Å². The lowest BCUT2D eigenvalue weighted by atomic mass is 9.83. The quantitative estimate of drug-likeness (QED) is 0.241. The van der Waals surface area contributed by atoms with Gasteiger partial charge in [0, 0.05) is 16.5 Å². The number of rotatable bonds is 7. The topological polar surface area (TPSA) is 107 Å². The first-order valence-electron chi connectivity index (χ1n) is 13.4. The fraction of sp³-hybridized carbons (Fsp3) is 0.226. The van der Waals surface area contributed by atoms with E-state index in [1.54, 1.807) is 42.5 Å². The van der Waals surface area contributed by atoms with Crippen molar-refractivity contribution in [2.75, 3.05) is 24.4 Å². The number of carbonyl (C=O) groups excluding carboxylic acids is 3. The summed E-state index contributed by atoms with van der Waals surface area (Å²) >= 11 is 14.2. The van der Waals surface area contributed by atoms with Crippen molar-refractivity contribution in [3.05, 3.63) is 96.4 Å². The normalized spacial score (nSPS) is 19.0. The maximum Gasteiger partial charge on any atom is 0.308 e. The number of anilines is 2. The number of methoxy groups -OCH3 is 2. The highest BCUT2D eigenvalue weighted by atomic mass is 35.5. The summed E-state index contributed by atoms with van der Waals surface area (Å²) in [7, 11) is 3.04. The lowest BCUT2D eigenvalue weighted by Crippen LogP contribution is -2.33. The zero-order chi connectivity index (χ0) is 31.3. The number of carbonyl (C=O) groups is 3. The van der Waals surface area contributed by atoms with E-state index in [9.17, 15) is 19.2 Å². The first kappa shape index (κ1) is 30.3. The van der Waals surface area contributed by atoms with Crippen LogP contribution in [0.3, 0.4) is 0 Å². The number of benzene rings is 3. The Bertz CT molecular complexity index is 1870. The number of aryl methyl sites for hydroxylation is 1. The Labute approximate surface area is 270 Å². The summed E-state index contributed by atoms with van der Waals surface area (Å²) in [5, 5.41) is 3.00. The van der Waals surface area contributed by atoms with E-state index >= 15 is 0 Å². The molecule has 0 spiro atoms. The molecule has 1 aromatic heterocycles. The van der Waals surface area contributed by atoms with Gasteiger partial charge in [0.05, 0.1) is 40.9 Å². The van der Waals surface area contributed by atoms with E-state index < -0.39 is 23.0 Å². The lowest BCUT2D eigenvalue weighted by molar-refractivity contribution is -0.122. The fourth-order valence-electron chi connectivity index (χ4n) is 5.53. The van der Waals surface area contributed by atoms with Gasteiger partial charge in [-0.3, -0.25) is 23.7 Å². The van der Waals surface area contributed by atoms with Gasteiger partial charge in [-0.05, 0) is 55.0 Å². The average molecular weight is 671 g/mol. The van der Waals surface area contributed by atoms with Crippen LogP contribution in [0.5, 0.6) is 11.5 Å². The molecule has 3 aromatic carbocycles. The molecule has 9 nitrogen and oxygen atoms in total. The van der Waals surface area contributed by atoms with Crippen LogP contribution in [0, 0.1) is 12.8 Å². The number of halogens is 2. The van der Waals surface area contributed by atoms with Crippen molar-refractivity contribution in [3.63, 3.8) is 0 Å². The molecule has 2 aliphatic rings. The van der Waals surface area contributed by atoms with Gasteiger partial charge in [-0.1, -0.05) is 70.1 Å². The van der Waals surface area contributed by atoms with E-state index in [1.807, 2.05) is 19.1 Å². The molecule has 3 amide bonds. The molecule has 0 unspecified atom stereocenters. The number of nitrogens with zero attached hydrogens (tertiary/aromatic N) is 2. The second kappa shape index (κ2) is 12.0. The number of hydrogen-bond acceptors (Lipinski definition) is 8. The highest BCUT2D eigenvalue weighted by Crippen LogP contribution is 2.54. The second-order valence-corrected chi connectivity index (χ2v) is 13.2. The van der Waals surface area contributed by atoms with E-state index in [2.05, 4.69) is 5.32 Å². The smallest absolute Gasteiger partial charge is 0.308 e. The molecule has 1 fully saturated rings. The minimum Gasteiger partial charge on any atom is -0.493 e. The zero-order valence-corrected chi connectivity index (χ0v) is 26.8. The zero-order valence-electron chi connectivity index (χ0n) is 23.6. The first-order chi connectivity index (χ1) is 21.1. The van der Waals surface area contributed by atoms with Crippen LogP contribution in [0.25, 0.3) is 0 Å². The first-order valence-corrected chi connectivity index (χ1v) is 15.9. The van der Waals surface area contributed by atoms with Crippen molar-refractivity contribution < 1.29 is 23.9 Å².